The lowest BCUT2D eigenvalue weighted by atomic mass is 10.1. The van der Waals surface area contributed by atoms with E-state index in [9.17, 15) is 0 Å². The highest BCUT2D eigenvalue weighted by atomic mass is 16.5. The summed E-state index contributed by atoms with van der Waals surface area (Å²) in [5.74, 6) is 2.65. The van der Waals surface area contributed by atoms with Crippen molar-refractivity contribution in [2.75, 3.05) is 20.2 Å². The number of hydrogen-bond acceptors (Lipinski definition) is 5. The molecule has 0 amide bonds. The molecule has 0 spiro atoms. The number of aromatic nitrogens is 3. The predicted molar refractivity (Wildman–Crippen MR) is 109 cm³/mol. The number of aryl methyl sites for hydroxylation is 1. The largest absolute Gasteiger partial charge is 0.494 e. The highest BCUT2D eigenvalue weighted by molar-refractivity contribution is 5.79. The molecule has 0 fully saturated rings. The Hall–Kier alpha value is -2.77. The minimum absolute atomic E-state index is 0.222. The van der Waals surface area contributed by atoms with Crippen molar-refractivity contribution in [2.24, 2.45) is 4.99 Å². The summed E-state index contributed by atoms with van der Waals surface area (Å²) in [5.41, 5.74) is 2.29. The van der Waals surface area contributed by atoms with Crippen molar-refractivity contribution < 1.29 is 9.47 Å². The van der Waals surface area contributed by atoms with E-state index in [-0.39, 0.29) is 6.10 Å². The number of rotatable bonds is 9. The van der Waals surface area contributed by atoms with Gasteiger partial charge in [-0.3, -0.25) is 4.99 Å². The van der Waals surface area contributed by atoms with Gasteiger partial charge in [-0.15, -0.1) is 10.2 Å². The summed E-state index contributed by atoms with van der Waals surface area (Å²) in [6, 6.07) is 4.20. The van der Waals surface area contributed by atoms with Crippen molar-refractivity contribution in [1.82, 2.24) is 25.4 Å². The fraction of sp³-hybridized carbons (Fsp3) is 0.550. The van der Waals surface area contributed by atoms with E-state index in [1.807, 2.05) is 11.5 Å². The molecular formula is C20H30N6O2. The van der Waals surface area contributed by atoms with Crippen LogP contribution in [-0.4, -0.2) is 47.0 Å². The Morgan fingerprint density at radius 3 is 2.86 bits per heavy atom. The average Bonchev–Trinajstić information content (AvgIpc) is 3.32. The summed E-state index contributed by atoms with van der Waals surface area (Å²) >= 11 is 0. The summed E-state index contributed by atoms with van der Waals surface area (Å²) in [6.45, 7) is 7.14. The second kappa shape index (κ2) is 9.96. The summed E-state index contributed by atoms with van der Waals surface area (Å²) in [6.07, 6.45) is 6.72. The second-order valence-corrected chi connectivity index (χ2v) is 6.89. The van der Waals surface area contributed by atoms with Crippen molar-refractivity contribution in [2.45, 2.75) is 52.3 Å². The standard InChI is InChI=1S/C20H30N6O2/c1-4-27-18-10-16-9-15(2)28-19(16)11-17(18)12-23-20(21-3)22-7-5-6-8-26-13-24-25-14-26/h10-11,13-15H,4-9,12H2,1-3H3,(H2,21,22,23). The van der Waals surface area contributed by atoms with Crippen LogP contribution in [0.15, 0.2) is 29.8 Å². The van der Waals surface area contributed by atoms with Crippen LogP contribution in [-0.2, 0) is 19.5 Å². The molecule has 152 valence electrons. The number of benzene rings is 1. The molecule has 0 aliphatic carbocycles. The Morgan fingerprint density at radius 1 is 1.29 bits per heavy atom. The maximum absolute atomic E-state index is 5.90. The maximum atomic E-state index is 5.90. The van der Waals surface area contributed by atoms with Gasteiger partial charge in [0.25, 0.3) is 0 Å². The van der Waals surface area contributed by atoms with Gasteiger partial charge in [0, 0.05) is 44.2 Å². The van der Waals surface area contributed by atoms with E-state index < -0.39 is 0 Å². The number of nitrogens with one attached hydrogen (secondary N) is 2. The van der Waals surface area contributed by atoms with Crippen molar-refractivity contribution in [3.8, 4) is 11.5 Å². The quantitative estimate of drug-likeness (QED) is 0.390. The highest BCUT2D eigenvalue weighted by Gasteiger charge is 2.21. The van der Waals surface area contributed by atoms with Crippen LogP contribution < -0.4 is 20.1 Å². The number of ether oxygens (including phenoxy) is 2. The number of unbranched alkanes of at least 4 members (excludes halogenated alkanes) is 1. The van der Waals surface area contributed by atoms with Crippen molar-refractivity contribution in [1.29, 1.82) is 0 Å². The molecule has 28 heavy (non-hydrogen) atoms. The molecule has 1 aliphatic heterocycles. The molecule has 0 radical (unpaired) electrons. The number of fused-ring (bicyclic) bond motifs is 1. The van der Waals surface area contributed by atoms with E-state index >= 15 is 0 Å². The second-order valence-electron chi connectivity index (χ2n) is 6.89. The number of nitrogens with zero attached hydrogens (tertiary/aromatic N) is 4. The molecule has 0 saturated carbocycles. The normalized spacial score (nSPS) is 15.8. The van der Waals surface area contributed by atoms with Gasteiger partial charge in [-0.1, -0.05) is 0 Å². The summed E-state index contributed by atoms with van der Waals surface area (Å²) < 4.78 is 13.7. The Labute approximate surface area is 166 Å². The molecule has 1 aliphatic rings. The van der Waals surface area contributed by atoms with Crippen LogP contribution in [0.25, 0.3) is 0 Å². The number of guanidine groups is 1. The van der Waals surface area contributed by atoms with Gasteiger partial charge in [-0.25, -0.2) is 0 Å². The highest BCUT2D eigenvalue weighted by Crippen LogP contribution is 2.35. The van der Waals surface area contributed by atoms with E-state index in [1.54, 1.807) is 19.7 Å². The van der Waals surface area contributed by atoms with Crippen molar-refractivity contribution >= 4 is 5.96 Å². The van der Waals surface area contributed by atoms with Crippen LogP contribution in [0.3, 0.4) is 0 Å². The van der Waals surface area contributed by atoms with Crippen LogP contribution in [0.2, 0.25) is 0 Å². The molecule has 1 aromatic carbocycles. The number of hydrogen-bond donors (Lipinski definition) is 2. The summed E-state index contributed by atoms with van der Waals surface area (Å²) in [4.78, 5) is 4.31. The Kier molecular flexibility index (Phi) is 7.11. The van der Waals surface area contributed by atoms with E-state index in [0.29, 0.717) is 13.2 Å². The molecule has 2 N–H and O–H groups in total. The third kappa shape index (κ3) is 5.37. The molecule has 2 heterocycles. The molecule has 1 atom stereocenters. The molecular weight excluding hydrogens is 356 g/mol. The van der Waals surface area contributed by atoms with Crippen LogP contribution in [0.1, 0.15) is 37.8 Å². The monoisotopic (exact) mass is 386 g/mol. The zero-order valence-corrected chi connectivity index (χ0v) is 16.9. The van der Waals surface area contributed by atoms with Gasteiger partial charge in [0.2, 0.25) is 0 Å². The molecule has 8 heteroatoms. The molecule has 2 aromatic rings. The SMILES string of the molecule is CCOc1cc2c(cc1CNC(=NC)NCCCCn1cnnc1)OC(C)C2. The molecule has 0 bridgehead atoms. The molecule has 1 unspecified atom stereocenters. The first kappa shape index (κ1) is 20.0. The number of aliphatic imine (C=N–C) groups is 1. The molecule has 3 rings (SSSR count). The minimum atomic E-state index is 0.222. The first-order chi connectivity index (χ1) is 13.7. The maximum Gasteiger partial charge on any atom is 0.191 e. The summed E-state index contributed by atoms with van der Waals surface area (Å²) in [5, 5.41) is 14.3. The molecule has 1 aromatic heterocycles. The van der Waals surface area contributed by atoms with Crippen LogP contribution >= 0.6 is 0 Å². The van der Waals surface area contributed by atoms with Gasteiger partial charge in [-0.2, -0.15) is 0 Å². The lowest BCUT2D eigenvalue weighted by Gasteiger charge is -2.15. The Balaban J connectivity index is 1.48. The van der Waals surface area contributed by atoms with Gasteiger partial charge >= 0.3 is 0 Å². The third-order valence-electron chi connectivity index (χ3n) is 4.65. The van der Waals surface area contributed by atoms with Gasteiger partial charge in [0.05, 0.1) is 6.61 Å². The van der Waals surface area contributed by atoms with Gasteiger partial charge < -0.3 is 24.7 Å². The topological polar surface area (TPSA) is 85.6 Å². The van der Waals surface area contributed by atoms with Crippen LogP contribution in [0, 0.1) is 0 Å². The lowest BCUT2D eigenvalue weighted by Crippen LogP contribution is -2.37. The average molecular weight is 387 g/mol. The first-order valence-electron chi connectivity index (χ1n) is 9.91. The zero-order valence-electron chi connectivity index (χ0n) is 16.9. The van der Waals surface area contributed by atoms with E-state index in [1.165, 1.54) is 5.56 Å². The van der Waals surface area contributed by atoms with Crippen molar-refractivity contribution in [3.63, 3.8) is 0 Å². The minimum Gasteiger partial charge on any atom is -0.494 e. The summed E-state index contributed by atoms with van der Waals surface area (Å²) in [7, 11) is 1.78. The fourth-order valence-corrected chi connectivity index (χ4v) is 3.27. The lowest BCUT2D eigenvalue weighted by molar-refractivity contribution is 0.254. The zero-order chi connectivity index (χ0) is 19.8. The first-order valence-corrected chi connectivity index (χ1v) is 9.91. The molecule has 8 nitrogen and oxygen atoms in total. The fourth-order valence-electron chi connectivity index (χ4n) is 3.27. The van der Waals surface area contributed by atoms with E-state index in [2.05, 4.69) is 44.9 Å². The smallest absolute Gasteiger partial charge is 0.191 e. The van der Waals surface area contributed by atoms with Crippen LogP contribution in [0.5, 0.6) is 11.5 Å². The van der Waals surface area contributed by atoms with Crippen molar-refractivity contribution in [3.05, 3.63) is 35.9 Å². The van der Waals surface area contributed by atoms with Crippen LogP contribution in [0.4, 0.5) is 0 Å². The Morgan fingerprint density at radius 2 is 2.11 bits per heavy atom. The van der Waals surface area contributed by atoms with Gasteiger partial charge in [0.15, 0.2) is 5.96 Å². The van der Waals surface area contributed by atoms with Gasteiger partial charge in [0.1, 0.15) is 30.3 Å². The molecule has 0 saturated heterocycles. The van der Waals surface area contributed by atoms with E-state index in [4.69, 9.17) is 9.47 Å². The van der Waals surface area contributed by atoms with Gasteiger partial charge in [-0.05, 0) is 38.8 Å². The Bertz CT molecular complexity index is 775. The predicted octanol–water partition coefficient (Wildman–Crippen LogP) is 2.15. The third-order valence-corrected chi connectivity index (χ3v) is 4.65. The van der Waals surface area contributed by atoms with E-state index in [0.717, 1.165) is 55.4 Å².